The summed E-state index contributed by atoms with van der Waals surface area (Å²) in [5, 5.41) is 11.2. The van der Waals surface area contributed by atoms with Crippen LogP contribution >= 0.6 is 0 Å². The molecule has 5 rings (SSSR count). The Morgan fingerprint density at radius 1 is 1.08 bits per heavy atom. The number of esters is 1. The van der Waals surface area contributed by atoms with Crippen molar-refractivity contribution in [2.24, 2.45) is 0 Å². The minimum absolute atomic E-state index is 0.333. The molecule has 0 unspecified atom stereocenters. The molecular formula is C29H28FNO5. The number of carbonyl (C=O) groups is 1. The lowest BCUT2D eigenvalue weighted by atomic mass is 9.84. The summed E-state index contributed by atoms with van der Waals surface area (Å²) in [4.78, 5) is 14.1. The molecule has 1 saturated heterocycles. The number of aliphatic hydroxyl groups is 1. The van der Waals surface area contributed by atoms with E-state index < -0.39 is 17.7 Å². The number of rotatable bonds is 6. The Bertz CT molecular complexity index is 1250. The third-order valence-corrected chi connectivity index (χ3v) is 6.71. The summed E-state index contributed by atoms with van der Waals surface area (Å²) in [6.07, 6.45) is 1.87. The van der Waals surface area contributed by atoms with Crippen LogP contribution in [-0.4, -0.2) is 29.1 Å². The fourth-order valence-electron chi connectivity index (χ4n) is 4.72. The molecule has 0 aliphatic carbocycles. The summed E-state index contributed by atoms with van der Waals surface area (Å²) in [6, 6.07) is 21.4. The number of hydrogen-bond acceptors (Lipinski definition) is 6. The molecule has 0 bridgehead atoms. The van der Waals surface area contributed by atoms with Gasteiger partial charge in [0.05, 0.1) is 11.3 Å². The highest BCUT2D eigenvalue weighted by Crippen LogP contribution is 2.43. The average Bonchev–Trinajstić information content (AvgIpc) is 2.89. The molecular weight excluding hydrogens is 461 g/mol. The molecule has 0 amide bonds. The second-order valence-corrected chi connectivity index (χ2v) is 9.15. The van der Waals surface area contributed by atoms with Crippen molar-refractivity contribution in [3.63, 3.8) is 0 Å². The van der Waals surface area contributed by atoms with E-state index in [1.807, 2.05) is 42.5 Å². The molecule has 2 aliphatic heterocycles. The van der Waals surface area contributed by atoms with Crippen LogP contribution in [0.2, 0.25) is 0 Å². The van der Waals surface area contributed by atoms with E-state index in [4.69, 9.17) is 14.2 Å². The van der Waals surface area contributed by atoms with E-state index >= 15 is 0 Å². The van der Waals surface area contributed by atoms with Crippen molar-refractivity contribution in [1.29, 1.82) is 0 Å². The summed E-state index contributed by atoms with van der Waals surface area (Å²) in [6.45, 7) is 2.86. The predicted octanol–water partition coefficient (Wildman–Crippen LogP) is 5.23. The molecule has 0 saturated carbocycles. The highest BCUT2D eigenvalue weighted by molar-refractivity contribution is 5.67. The van der Waals surface area contributed by atoms with Crippen molar-refractivity contribution in [2.45, 2.75) is 38.1 Å². The van der Waals surface area contributed by atoms with Gasteiger partial charge in [0.2, 0.25) is 0 Å². The molecule has 1 fully saturated rings. The maximum Gasteiger partial charge on any atom is 0.303 e. The first-order valence-corrected chi connectivity index (χ1v) is 12.0. The van der Waals surface area contributed by atoms with Crippen LogP contribution < -0.4 is 9.47 Å². The Morgan fingerprint density at radius 3 is 2.50 bits per heavy atom. The zero-order valence-electron chi connectivity index (χ0n) is 20.0. The number of hydrogen-bond donors (Lipinski definition) is 1. The van der Waals surface area contributed by atoms with Gasteiger partial charge in [0.1, 0.15) is 30.2 Å². The fourth-order valence-corrected chi connectivity index (χ4v) is 4.72. The predicted molar refractivity (Wildman–Crippen MR) is 132 cm³/mol. The minimum atomic E-state index is -1.04. The van der Waals surface area contributed by atoms with Crippen LogP contribution in [0.3, 0.4) is 0 Å². The molecule has 0 radical (unpaired) electrons. The molecule has 186 valence electrons. The lowest BCUT2D eigenvalue weighted by Gasteiger charge is -2.42. The Hall–Kier alpha value is -3.84. The second kappa shape index (κ2) is 10.0. The number of benzene rings is 3. The van der Waals surface area contributed by atoms with Crippen molar-refractivity contribution in [1.82, 2.24) is 4.90 Å². The first-order chi connectivity index (χ1) is 17.4. The highest BCUT2D eigenvalue weighted by Gasteiger charge is 2.38. The quantitative estimate of drug-likeness (QED) is 0.479. The van der Waals surface area contributed by atoms with Gasteiger partial charge in [0.25, 0.3) is 0 Å². The average molecular weight is 490 g/mol. The minimum Gasteiger partial charge on any atom is -0.489 e. The molecule has 0 aromatic heterocycles. The van der Waals surface area contributed by atoms with Crippen molar-refractivity contribution >= 4 is 5.97 Å². The smallest absolute Gasteiger partial charge is 0.303 e. The molecule has 36 heavy (non-hydrogen) atoms. The van der Waals surface area contributed by atoms with E-state index in [-0.39, 0.29) is 5.82 Å². The van der Waals surface area contributed by atoms with Crippen LogP contribution in [0.4, 0.5) is 4.39 Å². The van der Waals surface area contributed by atoms with E-state index in [2.05, 4.69) is 4.90 Å². The van der Waals surface area contributed by atoms with Gasteiger partial charge in [-0.05, 0) is 48.2 Å². The molecule has 2 heterocycles. The molecule has 1 atom stereocenters. The number of ether oxygens (including phenoxy) is 3. The third kappa shape index (κ3) is 5.06. The summed E-state index contributed by atoms with van der Waals surface area (Å²) < 4.78 is 31.0. The monoisotopic (exact) mass is 489 g/mol. The van der Waals surface area contributed by atoms with Crippen LogP contribution in [0, 0.1) is 5.82 Å². The number of fused-ring (bicyclic) bond motifs is 1. The largest absolute Gasteiger partial charge is 0.489 e. The number of nitrogens with zero attached hydrogens (tertiary/aromatic N) is 1. The van der Waals surface area contributed by atoms with E-state index in [1.54, 1.807) is 24.5 Å². The maximum absolute atomic E-state index is 13.3. The van der Waals surface area contributed by atoms with Gasteiger partial charge in [-0.1, -0.05) is 42.5 Å². The standard InChI is InChI=1S/C29H28FNO5/c1-20(32)36-28-25-12-11-24(34-18-21-5-3-2-4-6-21)17-27(25)35-19-26(28)31-15-13-29(33,14-16-31)22-7-9-23(30)10-8-22/h2-12,17,19,28,33H,13-16,18H2,1H3/t28-/m0/s1. The first kappa shape index (κ1) is 23.9. The molecule has 3 aromatic rings. The molecule has 1 N–H and O–H groups in total. The molecule has 3 aromatic carbocycles. The molecule has 2 aliphatic rings. The van der Waals surface area contributed by atoms with Gasteiger partial charge >= 0.3 is 5.97 Å². The highest BCUT2D eigenvalue weighted by atomic mass is 19.1. The first-order valence-electron chi connectivity index (χ1n) is 12.0. The summed E-state index contributed by atoms with van der Waals surface area (Å²) in [5.41, 5.74) is 2.16. The van der Waals surface area contributed by atoms with Gasteiger partial charge in [0, 0.05) is 31.6 Å². The lowest BCUT2D eigenvalue weighted by molar-refractivity contribution is -0.146. The third-order valence-electron chi connectivity index (χ3n) is 6.71. The van der Waals surface area contributed by atoms with Crippen LogP contribution in [0.5, 0.6) is 11.5 Å². The van der Waals surface area contributed by atoms with Crippen LogP contribution in [0.25, 0.3) is 0 Å². The van der Waals surface area contributed by atoms with Gasteiger partial charge < -0.3 is 24.2 Å². The normalized spacial score (nSPS) is 18.5. The Balaban J connectivity index is 1.31. The number of halogens is 1. The Morgan fingerprint density at radius 2 is 1.81 bits per heavy atom. The van der Waals surface area contributed by atoms with Crippen molar-refractivity contribution in [3.05, 3.63) is 107 Å². The van der Waals surface area contributed by atoms with Gasteiger partial charge in [0.15, 0.2) is 6.10 Å². The second-order valence-electron chi connectivity index (χ2n) is 9.15. The number of carbonyl (C=O) groups excluding carboxylic acids is 1. The van der Waals surface area contributed by atoms with Gasteiger partial charge in [-0.15, -0.1) is 0 Å². The number of likely N-dealkylation sites (tertiary alicyclic amines) is 1. The Labute approximate surface area is 209 Å². The van der Waals surface area contributed by atoms with E-state index in [0.29, 0.717) is 49.6 Å². The van der Waals surface area contributed by atoms with E-state index in [0.717, 1.165) is 16.8 Å². The van der Waals surface area contributed by atoms with Gasteiger partial charge in [-0.25, -0.2) is 4.39 Å². The van der Waals surface area contributed by atoms with Crippen LogP contribution in [-0.2, 0) is 21.7 Å². The maximum atomic E-state index is 13.3. The molecule has 7 heteroatoms. The van der Waals surface area contributed by atoms with Gasteiger partial charge in [-0.2, -0.15) is 0 Å². The van der Waals surface area contributed by atoms with E-state index in [1.165, 1.54) is 19.1 Å². The Kier molecular flexibility index (Phi) is 6.65. The SMILES string of the molecule is CC(=O)O[C@@H]1C(N2CCC(O)(c3ccc(F)cc3)CC2)=COc2cc(OCc3ccccc3)ccc21. The van der Waals surface area contributed by atoms with Crippen LogP contribution in [0.1, 0.15) is 42.6 Å². The zero-order chi connectivity index (χ0) is 25.1. The topological polar surface area (TPSA) is 68.2 Å². The summed E-state index contributed by atoms with van der Waals surface area (Å²) in [5.74, 6) is 0.484. The molecule has 0 spiro atoms. The number of piperidine rings is 1. The molecule has 6 nitrogen and oxygen atoms in total. The zero-order valence-corrected chi connectivity index (χ0v) is 20.0. The van der Waals surface area contributed by atoms with Crippen molar-refractivity contribution in [2.75, 3.05) is 13.1 Å². The van der Waals surface area contributed by atoms with Crippen molar-refractivity contribution in [3.8, 4) is 11.5 Å². The van der Waals surface area contributed by atoms with E-state index in [9.17, 15) is 14.3 Å². The fraction of sp³-hybridized carbons (Fsp3) is 0.276. The lowest BCUT2D eigenvalue weighted by Crippen LogP contribution is -2.43. The van der Waals surface area contributed by atoms with Crippen LogP contribution in [0.15, 0.2) is 84.8 Å². The summed E-state index contributed by atoms with van der Waals surface area (Å²) in [7, 11) is 0. The van der Waals surface area contributed by atoms with Crippen molar-refractivity contribution < 1.29 is 28.5 Å². The van der Waals surface area contributed by atoms with Gasteiger partial charge in [-0.3, -0.25) is 4.79 Å². The summed E-state index contributed by atoms with van der Waals surface area (Å²) >= 11 is 0.